The maximum absolute atomic E-state index is 12.3. The molecule has 0 fully saturated rings. The Balaban J connectivity index is 1.97. The van der Waals surface area contributed by atoms with E-state index < -0.39 is 28.5 Å². The number of rotatable bonds is 4. The third kappa shape index (κ3) is 4.01. The van der Waals surface area contributed by atoms with E-state index >= 15 is 0 Å². The molecule has 1 aliphatic heterocycles. The Bertz CT molecular complexity index is 1060. The number of anilines is 1. The topological polar surface area (TPSA) is 136 Å². The fraction of sp³-hybridized carbons (Fsp3) is 0.0556. The number of hydrogen-bond acceptors (Lipinski definition) is 7. The van der Waals surface area contributed by atoms with Gasteiger partial charge >= 0.3 is 17.6 Å². The van der Waals surface area contributed by atoms with Crippen molar-refractivity contribution in [2.75, 3.05) is 5.32 Å². The number of carbonyl (C=O) groups excluding carboxylic acids is 2. The molecule has 3 rings (SSSR count). The summed E-state index contributed by atoms with van der Waals surface area (Å²) in [7, 11) is 0. The van der Waals surface area contributed by atoms with Gasteiger partial charge in [-0.2, -0.15) is 0 Å². The maximum atomic E-state index is 12.3. The van der Waals surface area contributed by atoms with Gasteiger partial charge in [0.2, 0.25) is 5.75 Å². The summed E-state index contributed by atoms with van der Waals surface area (Å²) in [6.45, 7) is 1.13. The van der Waals surface area contributed by atoms with Crippen LogP contribution in [0.3, 0.4) is 0 Å². The molecule has 0 saturated heterocycles. The normalized spacial score (nSPS) is 14.2. The van der Waals surface area contributed by atoms with E-state index in [-0.39, 0.29) is 16.2 Å². The van der Waals surface area contributed by atoms with Crippen LogP contribution in [0.1, 0.15) is 22.8 Å². The van der Waals surface area contributed by atoms with Gasteiger partial charge in [-0.1, -0.05) is 17.8 Å². The first-order valence-corrected chi connectivity index (χ1v) is 8.61. The van der Waals surface area contributed by atoms with Gasteiger partial charge in [0, 0.05) is 17.9 Å². The van der Waals surface area contributed by atoms with E-state index in [0.717, 1.165) is 18.7 Å². The Kier molecular flexibility index (Phi) is 5.14. The lowest BCUT2D eigenvalue weighted by atomic mass is 10.1. The quantitative estimate of drug-likeness (QED) is 0.262. The zero-order chi connectivity index (χ0) is 20.4. The molecule has 0 radical (unpaired) electrons. The van der Waals surface area contributed by atoms with Crippen molar-refractivity contribution >= 4 is 47.1 Å². The van der Waals surface area contributed by atoms with Crippen molar-refractivity contribution in [2.24, 2.45) is 0 Å². The van der Waals surface area contributed by atoms with Gasteiger partial charge in [0.25, 0.3) is 5.91 Å². The van der Waals surface area contributed by atoms with Crippen molar-refractivity contribution in [1.82, 2.24) is 0 Å². The predicted octanol–water partition coefficient (Wildman–Crippen LogP) is 3.30. The number of aromatic carboxylic acids is 1. The fourth-order valence-electron chi connectivity index (χ4n) is 2.45. The van der Waals surface area contributed by atoms with Gasteiger partial charge in [0.15, 0.2) is 0 Å². The SMILES string of the molecule is CC(=O)Oc1ccc(/C=C2/Sc3cc(C(=O)O)ccc3NC2=O)cc1[N+](=O)[O-]. The molecular formula is C18H12N2O7S. The van der Waals surface area contributed by atoms with Crippen molar-refractivity contribution in [3.8, 4) is 5.75 Å². The van der Waals surface area contributed by atoms with Crippen molar-refractivity contribution in [1.29, 1.82) is 0 Å². The summed E-state index contributed by atoms with van der Waals surface area (Å²) in [6.07, 6.45) is 1.43. The number of carbonyl (C=O) groups is 3. The summed E-state index contributed by atoms with van der Waals surface area (Å²) in [5, 5.41) is 23.0. The number of nitro groups is 1. The number of thioether (sulfide) groups is 1. The summed E-state index contributed by atoms with van der Waals surface area (Å²) in [5.41, 5.74) is 0.480. The minimum Gasteiger partial charge on any atom is -0.478 e. The number of nitrogens with one attached hydrogen (secondary N) is 1. The van der Waals surface area contributed by atoms with Crippen LogP contribution in [0.2, 0.25) is 0 Å². The van der Waals surface area contributed by atoms with Gasteiger partial charge in [0.05, 0.1) is 21.1 Å². The number of nitro benzene ring substituents is 1. The van der Waals surface area contributed by atoms with E-state index in [9.17, 15) is 24.5 Å². The van der Waals surface area contributed by atoms with Crippen LogP contribution < -0.4 is 10.1 Å². The molecule has 2 aromatic rings. The molecule has 0 spiro atoms. The Morgan fingerprint density at radius 1 is 1.25 bits per heavy atom. The minimum atomic E-state index is -1.09. The lowest BCUT2D eigenvalue weighted by molar-refractivity contribution is -0.385. The van der Waals surface area contributed by atoms with Gasteiger partial charge in [-0.25, -0.2) is 4.79 Å². The number of fused-ring (bicyclic) bond motifs is 1. The molecule has 1 amide bonds. The van der Waals surface area contributed by atoms with Crippen LogP contribution in [0.25, 0.3) is 6.08 Å². The Hall–Kier alpha value is -3.66. The molecule has 0 aromatic heterocycles. The molecule has 2 N–H and O–H groups in total. The summed E-state index contributed by atoms with van der Waals surface area (Å²) in [6, 6.07) is 8.24. The average Bonchev–Trinajstić information content (AvgIpc) is 2.62. The highest BCUT2D eigenvalue weighted by Crippen LogP contribution is 2.40. The highest BCUT2D eigenvalue weighted by molar-refractivity contribution is 8.04. The van der Waals surface area contributed by atoms with Crippen LogP contribution in [0.15, 0.2) is 46.2 Å². The minimum absolute atomic E-state index is 0.0723. The number of benzene rings is 2. The molecule has 0 aliphatic carbocycles. The molecule has 9 nitrogen and oxygen atoms in total. The molecule has 2 aromatic carbocycles. The smallest absolute Gasteiger partial charge is 0.335 e. The van der Waals surface area contributed by atoms with E-state index in [1.165, 1.54) is 42.5 Å². The second kappa shape index (κ2) is 7.53. The highest BCUT2D eigenvalue weighted by Gasteiger charge is 2.23. The average molecular weight is 400 g/mol. The molecule has 0 unspecified atom stereocenters. The molecule has 0 saturated carbocycles. The number of esters is 1. The third-order valence-corrected chi connectivity index (χ3v) is 4.73. The molecule has 142 valence electrons. The zero-order valence-electron chi connectivity index (χ0n) is 14.3. The standard InChI is InChI=1S/C18H12N2O7S/c1-9(21)27-14-5-2-10(6-13(14)20(25)26)7-16-17(22)19-12-4-3-11(18(23)24)8-15(12)28-16/h2-8H,1H3,(H,19,22)(H,23,24)/b16-7+. The zero-order valence-corrected chi connectivity index (χ0v) is 15.1. The third-order valence-electron chi connectivity index (χ3n) is 3.65. The summed E-state index contributed by atoms with van der Waals surface area (Å²) >= 11 is 1.05. The van der Waals surface area contributed by atoms with Crippen molar-refractivity contribution < 1.29 is 29.2 Å². The van der Waals surface area contributed by atoms with Gasteiger partial charge in [-0.15, -0.1) is 0 Å². The number of nitrogens with zero attached hydrogens (tertiary/aromatic N) is 1. The first kappa shape index (κ1) is 19.1. The highest BCUT2D eigenvalue weighted by atomic mass is 32.2. The van der Waals surface area contributed by atoms with E-state index in [0.29, 0.717) is 16.1 Å². The monoisotopic (exact) mass is 400 g/mol. The van der Waals surface area contributed by atoms with Gasteiger partial charge in [0.1, 0.15) is 0 Å². The summed E-state index contributed by atoms with van der Waals surface area (Å²) in [4.78, 5) is 45.8. The molecule has 0 bridgehead atoms. The Labute approximate surface area is 162 Å². The van der Waals surface area contributed by atoms with Gasteiger partial charge in [-0.3, -0.25) is 19.7 Å². The second-order valence-corrected chi connectivity index (χ2v) is 6.74. The number of ether oxygens (including phenoxy) is 1. The van der Waals surface area contributed by atoms with E-state index in [1.807, 2.05) is 0 Å². The van der Waals surface area contributed by atoms with Crippen molar-refractivity contribution in [3.05, 3.63) is 62.5 Å². The van der Waals surface area contributed by atoms with Crippen LogP contribution in [-0.2, 0) is 9.59 Å². The van der Waals surface area contributed by atoms with Crippen LogP contribution in [0, 0.1) is 10.1 Å². The largest absolute Gasteiger partial charge is 0.478 e. The van der Waals surface area contributed by atoms with Crippen LogP contribution >= 0.6 is 11.8 Å². The lowest BCUT2D eigenvalue weighted by Crippen LogP contribution is -2.17. The van der Waals surface area contributed by atoms with Crippen LogP contribution in [0.5, 0.6) is 5.75 Å². The summed E-state index contributed by atoms with van der Waals surface area (Å²) in [5.74, 6) is -2.41. The molecular weight excluding hydrogens is 388 g/mol. The van der Waals surface area contributed by atoms with Gasteiger partial charge < -0.3 is 15.2 Å². The first-order valence-electron chi connectivity index (χ1n) is 7.79. The molecule has 10 heteroatoms. The predicted molar refractivity (Wildman–Crippen MR) is 100 cm³/mol. The van der Waals surface area contributed by atoms with Crippen LogP contribution in [-0.4, -0.2) is 27.9 Å². The number of carboxylic acid groups (broad SMARTS) is 1. The Morgan fingerprint density at radius 2 is 2.00 bits per heavy atom. The molecule has 28 heavy (non-hydrogen) atoms. The van der Waals surface area contributed by atoms with Crippen molar-refractivity contribution in [3.63, 3.8) is 0 Å². The first-order chi connectivity index (χ1) is 13.2. The molecule has 0 atom stereocenters. The molecule has 1 heterocycles. The number of hydrogen-bond donors (Lipinski definition) is 2. The second-order valence-electron chi connectivity index (χ2n) is 5.66. The van der Waals surface area contributed by atoms with Gasteiger partial charge in [-0.05, 0) is 35.9 Å². The molecule has 1 aliphatic rings. The van der Waals surface area contributed by atoms with E-state index in [1.54, 1.807) is 0 Å². The van der Waals surface area contributed by atoms with E-state index in [2.05, 4.69) is 5.32 Å². The summed E-state index contributed by atoms with van der Waals surface area (Å²) < 4.78 is 4.81. The lowest BCUT2D eigenvalue weighted by Gasteiger charge is -2.19. The van der Waals surface area contributed by atoms with E-state index in [4.69, 9.17) is 9.84 Å². The van der Waals surface area contributed by atoms with Crippen molar-refractivity contribution in [2.45, 2.75) is 11.8 Å². The number of carboxylic acids is 1. The number of amides is 1. The Morgan fingerprint density at radius 3 is 2.64 bits per heavy atom. The maximum Gasteiger partial charge on any atom is 0.335 e. The fourth-order valence-corrected chi connectivity index (χ4v) is 3.44. The van der Waals surface area contributed by atoms with Crippen LogP contribution in [0.4, 0.5) is 11.4 Å².